The molecule has 0 saturated heterocycles. The molecular formula is C26H29NO2. The normalized spacial score (nSPS) is 15.5. The Kier molecular flexibility index (Phi) is 6.14. The van der Waals surface area contributed by atoms with Gasteiger partial charge in [-0.15, -0.1) is 0 Å². The Morgan fingerprint density at radius 3 is 2.21 bits per heavy atom. The van der Waals surface area contributed by atoms with E-state index in [0.29, 0.717) is 0 Å². The Morgan fingerprint density at radius 1 is 0.828 bits per heavy atom. The number of fused-ring (bicyclic) bond motifs is 1. The molecule has 4 rings (SSSR count). The van der Waals surface area contributed by atoms with Gasteiger partial charge in [-0.3, -0.25) is 9.69 Å². The van der Waals surface area contributed by atoms with Crippen LogP contribution in [-0.2, 0) is 4.79 Å². The first-order valence-corrected chi connectivity index (χ1v) is 10.7. The Labute approximate surface area is 173 Å². The second-order valence-corrected chi connectivity index (χ2v) is 7.91. The van der Waals surface area contributed by atoms with E-state index in [1.165, 1.54) is 19.3 Å². The molecule has 150 valence electrons. The van der Waals surface area contributed by atoms with Crippen molar-refractivity contribution in [1.82, 2.24) is 0 Å². The molecule has 0 bridgehead atoms. The Morgan fingerprint density at radius 2 is 1.48 bits per heavy atom. The highest BCUT2D eigenvalue weighted by molar-refractivity contribution is 6.09. The molecule has 1 saturated carbocycles. The van der Waals surface area contributed by atoms with Gasteiger partial charge in [0.15, 0.2) is 0 Å². The fourth-order valence-electron chi connectivity index (χ4n) is 4.41. The lowest BCUT2D eigenvalue weighted by atomic mass is 9.89. The first-order valence-electron chi connectivity index (χ1n) is 10.7. The van der Waals surface area contributed by atoms with E-state index >= 15 is 0 Å². The monoisotopic (exact) mass is 387 g/mol. The molecule has 0 aromatic heterocycles. The van der Waals surface area contributed by atoms with Crippen LogP contribution in [0.25, 0.3) is 10.8 Å². The van der Waals surface area contributed by atoms with E-state index in [9.17, 15) is 4.79 Å². The third kappa shape index (κ3) is 4.29. The molecule has 1 fully saturated rings. The van der Waals surface area contributed by atoms with Gasteiger partial charge in [0.1, 0.15) is 5.75 Å². The minimum atomic E-state index is 0.0800. The topological polar surface area (TPSA) is 29.5 Å². The molecule has 1 aliphatic rings. The predicted molar refractivity (Wildman–Crippen MR) is 120 cm³/mol. The van der Waals surface area contributed by atoms with Gasteiger partial charge in [0.25, 0.3) is 0 Å². The predicted octanol–water partition coefficient (Wildman–Crippen LogP) is 6.87. The first kappa shape index (κ1) is 19.5. The average molecular weight is 388 g/mol. The molecule has 0 atom stereocenters. The number of hydrogen-bond acceptors (Lipinski definition) is 2. The fraction of sp³-hybridized carbons (Fsp3) is 0.346. The van der Waals surface area contributed by atoms with Gasteiger partial charge in [-0.2, -0.15) is 0 Å². The SMILES string of the molecule is COc1ccc(N(C(=O)C2CCCCCCC2)c2cccc3ccccc23)cc1. The molecule has 0 spiro atoms. The molecule has 3 aromatic carbocycles. The summed E-state index contributed by atoms with van der Waals surface area (Å²) in [6, 6.07) is 22.3. The lowest BCUT2D eigenvalue weighted by Crippen LogP contribution is -2.33. The maximum absolute atomic E-state index is 13.9. The molecule has 0 N–H and O–H groups in total. The Hall–Kier alpha value is -2.81. The van der Waals surface area contributed by atoms with E-state index < -0.39 is 0 Å². The van der Waals surface area contributed by atoms with Gasteiger partial charge in [-0.05, 0) is 48.6 Å². The van der Waals surface area contributed by atoms with Crippen molar-refractivity contribution in [3.05, 3.63) is 66.7 Å². The molecule has 0 heterocycles. The molecular weight excluding hydrogens is 358 g/mol. The van der Waals surface area contributed by atoms with Crippen molar-refractivity contribution in [2.45, 2.75) is 44.9 Å². The van der Waals surface area contributed by atoms with Crippen molar-refractivity contribution in [2.75, 3.05) is 12.0 Å². The van der Waals surface area contributed by atoms with Crippen LogP contribution < -0.4 is 9.64 Å². The zero-order valence-corrected chi connectivity index (χ0v) is 17.1. The molecule has 0 aliphatic heterocycles. The maximum Gasteiger partial charge on any atom is 0.234 e. The number of carbonyl (C=O) groups excluding carboxylic acids is 1. The van der Waals surface area contributed by atoms with Crippen molar-refractivity contribution in [3.63, 3.8) is 0 Å². The van der Waals surface area contributed by atoms with E-state index in [1.54, 1.807) is 7.11 Å². The average Bonchev–Trinajstić information content (AvgIpc) is 2.74. The molecule has 0 unspecified atom stereocenters. The van der Waals surface area contributed by atoms with Gasteiger partial charge in [-0.1, -0.05) is 68.5 Å². The van der Waals surface area contributed by atoms with Crippen molar-refractivity contribution in [2.24, 2.45) is 5.92 Å². The number of hydrogen-bond donors (Lipinski definition) is 0. The van der Waals surface area contributed by atoms with Crippen molar-refractivity contribution in [1.29, 1.82) is 0 Å². The summed E-state index contributed by atoms with van der Waals surface area (Å²) in [5.41, 5.74) is 1.86. The number of anilines is 2. The minimum Gasteiger partial charge on any atom is -0.497 e. The summed E-state index contributed by atoms with van der Waals surface area (Å²) in [4.78, 5) is 15.8. The van der Waals surface area contributed by atoms with Gasteiger partial charge < -0.3 is 4.74 Å². The number of amides is 1. The minimum absolute atomic E-state index is 0.0800. The lowest BCUT2D eigenvalue weighted by molar-refractivity contribution is -0.122. The number of rotatable bonds is 4. The van der Waals surface area contributed by atoms with Crippen LogP contribution in [0, 0.1) is 5.92 Å². The highest BCUT2D eigenvalue weighted by Gasteiger charge is 2.28. The molecule has 1 aliphatic carbocycles. The summed E-state index contributed by atoms with van der Waals surface area (Å²) in [5.74, 6) is 1.09. The van der Waals surface area contributed by atoms with Crippen LogP contribution in [0.2, 0.25) is 0 Å². The summed E-state index contributed by atoms with van der Waals surface area (Å²) >= 11 is 0. The lowest BCUT2D eigenvalue weighted by Gasteiger charge is -2.29. The van der Waals surface area contributed by atoms with E-state index in [1.807, 2.05) is 47.4 Å². The quantitative estimate of drug-likeness (QED) is 0.489. The van der Waals surface area contributed by atoms with Gasteiger partial charge in [-0.25, -0.2) is 0 Å². The summed E-state index contributed by atoms with van der Waals surface area (Å²) in [7, 11) is 1.66. The van der Waals surface area contributed by atoms with Gasteiger partial charge in [0.2, 0.25) is 5.91 Å². The van der Waals surface area contributed by atoms with Gasteiger partial charge >= 0.3 is 0 Å². The third-order valence-corrected chi connectivity index (χ3v) is 6.01. The highest BCUT2D eigenvalue weighted by atomic mass is 16.5. The summed E-state index contributed by atoms with van der Waals surface area (Å²) in [6.07, 6.45) is 8.02. The number of nitrogens with zero attached hydrogens (tertiary/aromatic N) is 1. The van der Waals surface area contributed by atoms with Crippen LogP contribution in [0.3, 0.4) is 0 Å². The van der Waals surface area contributed by atoms with Gasteiger partial charge in [0.05, 0.1) is 12.8 Å². The molecule has 0 radical (unpaired) electrons. The molecule has 29 heavy (non-hydrogen) atoms. The highest BCUT2D eigenvalue weighted by Crippen LogP contribution is 2.36. The first-order chi connectivity index (χ1) is 14.3. The Balaban J connectivity index is 1.78. The maximum atomic E-state index is 13.9. The van der Waals surface area contributed by atoms with Crippen molar-refractivity contribution in [3.8, 4) is 5.75 Å². The van der Waals surface area contributed by atoms with Crippen LogP contribution in [0.4, 0.5) is 11.4 Å². The van der Waals surface area contributed by atoms with Crippen LogP contribution >= 0.6 is 0 Å². The molecule has 1 amide bonds. The van der Waals surface area contributed by atoms with E-state index in [4.69, 9.17) is 4.74 Å². The van der Waals surface area contributed by atoms with Crippen LogP contribution in [0.15, 0.2) is 66.7 Å². The largest absolute Gasteiger partial charge is 0.497 e. The van der Waals surface area contributed by atoms with E-state index in [2.05, 4.69) is 24.3 Å². The number of ether oxygens (including phenoxy) is 1. The van der Waals surface area contributed by atoms with Crippen molar-refractivity contribution >= 4 is 28.1 Å². The van der Waals surface area contributed by atoms with Crippen molar-refractivity contribution < 1.29 is 9.53 Å². The third-order valence-electron chi connectivity index (χ3n) is 6.01. The molecule has 3 aromatic rings. The number of methoxy groups -OCH3 is 1. The van der Waals surface area contributed by atoms with Crippen LogP contribution in [-0.4, -0.2) is 13.0 Å². The Bertz CT molecular complexity index is 951. The van der Waals surface area contributed by atoms with Crippen LogP contribution in [0.1, 0.15) is 44.9 Å². The number of carbonyl (C=O) groups is 1. The second kappa shape index (κ2) is 9.13. The standard InChI is InChI=1S/C26H29NO2/c1-29-23-18-16-22(17-19-23)27(26(28)21-11-5-3-2-4-6-12-21)25-15-9-13-20-10-7-8-14-24(20)25/h7-10,13-19,21H,2-6,11-12H2,1H3. The fourth-order valence-corrected chi connectivity index (χ4v) is 4.41. The van der Waals surface area contributed by atoms with E-state index in [-0.39, 0.29) is 11.8 Å². The smallest absolute Gasteiger partial charge is 0.234 e. The molecule has 3 nitrogen and oxygen atoms in total. The zero-order valence-electron chi connectivity index (χ0n) is 17.1. The van der Waals surface area contributed by atoms with Crippen LogP contribution in [0.5, 0.6) is 5.75 Å². The van der Waals surface area contributed by atoms with E-state index in [0.717, 1.165) is 53.6 Å². The summed E-state index contributed by atoms with van der Waals surface area (Å²) in [6.45, 7) is 0. The number of benzene rings is 3. The second-order valence-electron chi connectivity index (χ2n) is 7.91. The van der Waals surface area contributed by atoms with Gasteiger partial charge in [0, 0.05) is 17.0 Å². The molecule has 3 heteroatoms. The summed E-state index contributed by atoms with van der Waals surface area (Å²) in [5, 5.41) is 2.25. The summed E-state index contributed by atoms with van der Waals surface area (Å²) < 4.78 is 5.33. The zero-order chi connectivity index (χ0) is 20.1.